The van der Waals surface area contributed by atoms with Crippen LogP contribution in [0.15, 0.2) is 53.5 Å². The molecule has 0 aromatic heterocycles. The van der Waals surface area contributed by atoms with Gasteiger partial charge in [0.05, 0.1) is 6.54 Å². The van der Waals surface area contributed by atoms with Crippen molar-refractivity contribution in [1.82, 2.24) is 4.90 Å². The summed E-state index contributed by atoms with van der Waals surface area (Å²) < 4.78 is 0. The third-order valence-electron chi connectivity index (χ3n) is 5.13. The highest BCUT2D eigenvalue weighted by Gasteiger charge is 2.16. The monoisotopic (exact) mass is 478 g/mol. The van der Waals surface area contributed by atoms with Crippen LogP contribution in [0.5, 0.6) is 0 Å². The largest absolute Gasteiger partial charge is 0.370 e. The number of nitrogens with zero attached hydrogens (tertiary/aromatic N) is 2. The van der Waals surface area contributed by atoms with Crippen molar-refractivity contribution in [3.8, 4) is 0 Å². The van der Waals surface area contributed by atoms with Gasteiger partial charge in [0, 0.05) is 12.2 Å². The standard InChI is InChI=1S/C22H30N4.HI/c1-17-7-9-21(10-8-17)25-22(23)24-15-19-5-3-4-6-20(19)16-26-13-11-18(2)12-14-26;/h3-10,18H,11-16H2,1-2H3,(H3,23,24,25);1H. The van der Waals surface area contributed by atoms with Crippen molar-refractivity contribution < 1.29 is 0 Å². The van der Waals surface area contributed by atoms with Crippen LogP contribution < -0.4 is 11.1 Å². The van der Waals surface area contributed by atoms with Crippen molar-refractivity contribution in [3.05, 3.63) is 65.2 Å². The molecule has 146 valence electrons. The summed E-state index contributed by atoms with van der Waals surface area (Å²) in [5.74, 6) is 1.31. The molecule has 1 saturated heterocycles. The zero-order valence-electron chi connectivity index (χ0n) is 16.3. The normalized spacial score (nSPS) is 16.0. The van der Waals surface area contributed by atoms with Crippen LogP contribution >= 0.6 is 24.0 Å². The van der Waals surface area contributed by atoms with Crippen LogP contribution in [0.2, 0.25) is 0 Å². The van der Waals surface area contributed by atoms with Crippen molar-refractivity contribution >= 4 is 35.6 Å². The topological polar surface area (TPSA) is 53.6 Å². The number of aliphatic imine (C=N–C) groups is 1. The van der Waals surface area contributed by atoms with Gasteiger partial charge in [-0.25, -0.2) is 4.99 Å². The van der Waals surface area contributed by atoms with Crippen molar-refractivity contribution in [2.75, 3.05) is 18.4 Å². The van der Waals surface area contributed by atoms with E-state index in [-0.39, 0.29) is 24.0 Å². The lowest BCUT2D eigenvalue weighted by atomic mass is 9.98. The minimum Gasteiger partial charge on any atom is -0.370 e. The third kappa shape index (κ3) is 6.81. The van der Waals surface area contributed by atoms with Gasteiger partial charge in [0.1, 0.15) is 0 Å². The average molecular weight is 478 g/mol. The number of aryl methyl sites for hydroxylation is 1. The quantitative estimate of drug-likeness (QED) is 0.370. The predicted molar refractivity (Wildman–Crippen MR) is 126 cm³/mol. The Morgan fingerprint density at radius 1 is 1.07 bits per heavy atom. The van der Waals surface area contributed by atoms with Crippen LogP contribution in [0.25, 0.3) is 0 Å². The van der Waals surface area contributed by atoms with Crippen molar-refractivity contribution in [1.29, 1.82) is 0 Å². The summed E-state index contributed by atoms with van der Waals surface area (Å²) in [5.41, 5.74) is 10.9. The second-order valence-corrected chi connectivity index (χ2v) is 7.42. The molecule has 0 unspecified atom stereocenters. The molecule has 3 rings (SSSR count). The molecule has 1 fully saturated rings. The average Bonchev–Trinajstić information content (AvgIpc) is 2.65. The molecule has 2 aromatic rings. The van der Waals surface area contributed by atoms with E-state index in [0.29, 0.717) is 12.5 Å². The van der Waals surface area contributed by atoms with Crippen LogP contribution in [0.3, 0.4) is 0 Å². The van der Waals surface area contributed by atoms with E-state index in [2.05, 4.69) is 65.5 Å². The van der Waals surface area contributed by atoms with Gasteiger partial charge in [-0.15, -0.1) is 24.0 Å². The molecule has 5 heteroatoms. The van der Waals surface area contributed by atoms with Crippen LogP contribution in [-0.2, 0) is 13.1 Å². The van der Waals surface area contributed by atoms with Crippen LogP contribution in [-0.4, -0.2) is 23.9 Å². The van der Waals surface area contributed by atoms with E-state index in [1.807, 2.05) is 12.1 Å². The highest BCUT2D eigenvalue weighted by atomic mass is 127. The molecule has 0 atom stereocenters. The zero-order chi connectivity index (χ0) is 18.4. The molecule has 1 heterocycles. The molecule has 0 aliphatic carbocycles. The van der Waals surface area contributed by atoms with Crippen LogP contribution in [0.4, 0.5) is 5.69 Å². The Morgan fingerprint density at radius 2 is 1.70 bits per heavy atom. The second kappa shape index (κ2) is 10.7. The Kier molecular flexibility index (Phi) is 8.57. The predicted octanol–water partition coefficient (Wildman–Crippen LogP) is 4.77. The van der Waals surface area contributed by atoms with E-state index in [1.54, 1.807) is 0 Å². The number of benzene rings is 2. The summed E-state index contributed by atoms with van der Waals surface area (Å²) in [4.78, 5) is 7.09. The van der Waals surface area contributed by atoms with Gasteiger partial charge in [-0.1, -0.05) is 48.9 Å². The number of hydrogen-bond acceptors (Lipinski definition) is 2. The van der Waals surface area contributed by atoms with E-state index in [0.717, 1.165) is 18.2 Å². The number of likely N-dealkylation sites (tertiary alicyclic amines) is 1. The van der Waals surface area contributed by atoms with E-state index < -0.39 is 0 Å². The van der Waals surface area contributed by atoms with Gasteiger partial charge >= 0.3 is 0 Å². The van der Waals surface area contributed by atoms with Crippen LogP contribution in [0, 0.1) is 12.8 Å². The van der Waals surface area contributed by atoms with Gasteiger partial charge in [-0.3, -0.25) is 4.90 Å². The lowest BCUT2D eigenvalue weighted by Crippen LogP contribution is -2.32. The van der Waals surface area contributed by atoms with E-state index >= 15 is 0 Å². The number of piperidine rings is 1. The summed E-state index contributed by atoms with van der Waals surface area (Å²) in [7, 11) is 0. The smallest absolute Gasteiger partial charge is 0.193 e. The molecule has 4 nitrogen and oxygen atoms in total. The molecule has 0 spiro atoms. The minimum atomic E-state index is 0. The third-order valence-corrected chi connectivity index (χ3v) is 5.13. The molecule has 0 amide bonds. The van der Waals surface area contributed by atoms with E-state index in [1.165, 1.54) is 42.6 Å². The van der Waals surface area contributed by atoms with Gasteiger partial charge in [0.15, 0.2) is 5.96 Å². The Morgan fingerprint density at radius 3 is 2.37 bits per heavy atom. The Balaban J connectivity index is 0.00000261. The summed E-state index contributed by atoms with van der Waals surface area (Å²) in [6.07, 6.45) is 2.60. The first kappa shape index (κ1) is 21.7. The number of nitrogens with one attached hydrogen (secondary N) is 1. The molecular formula is C22H31IN4. The molecule has 2 aromatic carbocycles. The first-order valence-electron chi connectivity index (χ1n) is 9.53. The molecule has 0 saturated carbocycles. The first-order chi connectivity index (χ1) is 12.6. The SMILES string of the molecule is Cc1ccc(NC(N)=NCc2ccccc2CN2CCC(C)CC2)cc1.I. The highest BCUT2D eigenvalue weighted by molar-refractivity contribution is 14.0. The Labute approximate surface area is 180 Å². The molecular weight excluding hydrogens is 447 g/mol. The van der Waals surface area contributed by atoms with Crippen molar-refractivity contribution in [2.45, 2.75) is 39.8 Å². The van der Waals surface area contributed by atoms with Crippen molar-refractivity contribution in [2.24, 2.45) is 16.6 Å². The van der Waals surface area contributed by atoms with Gasteiger partial charge in [0.25, 0.3) is 0 Å². The molecule has 1 aliphatic rings. The fourth-order valence-corrected chi connectivity index (χ4v) is 3.32. The van der Waals surface area contributed by atoms with Gasteiger partial charge in [-0.05, 0) is 62.0 Å². The van der Waals surface area contributed by atoms with Crippen molar-refractivity contribution in [3.63, 3.8) is 0 Å². The van der Waals surface area contributed by atoms with E-state index in [4.69, 9.17) is 5.73 Å². The van der Waals surface area contributed by atoms with Gasteiger partial charge in [0.2, 0.25) is 0 Å². The number of anilines is 1. The molecule has 0 radical (unpaired) electrons. The number of rotatable bonds is 5. The fourth-order valence-electron chi connectivity index (χ4n) is 3.32. The van der Waals surface area contributed by atoms with Gasteiger partial charge < -0.3 is 11.1 Å². The molecule has 0 bridgehead atoms. The number of guanidine groups is 1. The zero-order valence-corrected chi connectivity index (χ0v) is 18.6. The fraction of sp³-hybridized carbons (Fsp3) is 0.409. The summed E-state index contributed by atoms with van der Waals surface area (Å²) >= 11 is 0. The summed E-state index contributed by atoms with van der Waals surface area (Å²) in [6.45, 7) is 8.41. The van der Waals surface area contributed by atoms with Gasteiger partial charge in [-0.2, -0.15) is 0 Å². The number of hydrogen-bond donors (Lipinski definition) is 2. The number of nitrogens with two attached hydrogens (primary N) is 1. The lowest BCUT2D eigenvalue weighted by molar-refractivity contribution is 0.185. The molecule has 3 N–H and O–H groups in total. The molecule has 27 heavy (non-hydrogen) atoms. The van der Waals surface area contributed by atoms with E-state index in [9.17, 15) is 0 Å². The summed E-state index contributed by atoms with van der Waals surface area (Å²) in [6, 6.07) is 16.7. The maximum absolute atomic E-state index is 6.07. The van der Waals surface area contributed by atoms with Crippen LogP contribution in [0.1, 0.15) is 36.5 Å². The highest BCUT2D eigenvalue weighted by Crippen LogP contribution is 2.20. The number of halogens is 1. The summed E-state index contributed by atoms with van der Waals surface area (Å²) in [5, 5.41) is 3.16. The maximum atomic E-state index is 6.07. The maximum Gasteiger partial charge on any atom is 0.193 e. The lowest BCUT2D eigenvalue weighted by Gasteiger charge is -2.30. The molecule has 1 aliphatic heterocycles. The Hall–Kier alpha value is -1.60. The second-order valence-electron chi connectivity index (χ2n) is 7.42. The first-order valence-corrected chi connectivity index (χ1v) is 9.53. The Bertz CT molecular complexity index is 734. The minimum absolute atomic E-state index is 0.